The number of likely N-dealkylation sites (N-methyl/N-ethyl adjacent to an activating group) is 1. The van der Waals surface area contributed by atoms with Gasteiger partial charge in [-0.05, 0) is 216 Å². The van der Waals surface area contributed by atoms with E-state index in [-0.39, 0.29) is 0 Å². The van der Waals surface area contributed by atoms with E-state index in [1.165, 1.54) is 99.8 Å². The zero-order valence-electron chi connectivity index (χ0n) is 40.8. The second kappa shape index (κ2) is 17.2. The molecular formula is C62H63N3. The van der Waals surface area contributed by atoms with Gasteiger partial charge in [0.1, 0.15) is 0 Å². The second-order valence-electron chi connectivity index (χ2n) is 19.1. The largest absolute Gasteiger partial charge is 0.365 e. The summed E-state index contributed by atoms with van der Waals surface area (Å²) in [6, 6.07) is 43.4. The Morgan fingerprint density at radius 3 is 1.46 bits per heavy atom. The first kappa shape index (κ1) is 44.7. The molecule has 3 nitrogen and oxygen atoms in total. The molecule has 1 heterocycles. The molecule has 0 aliphatic rings. The number of anilines is 1. The van der Waals surface area contributed by atoms with Crippen molar-refractivity contribution >= 4 is 33.1 Å². The minimum Gasteiger partial charge on any atom is -0.365 e. The predicted octanol–water partition coefficient (Wildman–Crippen LogP) is 16.5. The maximum absolute atomic E-state index is 11.0. The first-order chi connectivity index (χ1) is 31.0. The number of hydrogen-bond acceptors (Lipinski definition) is 2. The van der Waals surface area contributed by atoms with Crippen molar-refractivity contribution in [3.05, 3.63) is 195 Å². The van der Waals surface area contributed by atoms with Gasteiger partial charge in [0.2, 0.25) is 0 Å². The molecule has 3 heteroatoms. The molecule has 65 heavy (non-hydrogen) atoms. The van der Waals surface area contributed by atoms with E-state index in [1.807, 2.05) is 18.2 Å². The summed E-state index contributed by atoms with van der Waals surface area (Å²) >= 11 is 0. The highest BCUT2D eigenvalue weighted by Gasteiger charge is 2.34. The lowest BCUT2D eigenvalue weighted by atomic mass is 9.82. The standard InChI is InChI=1S/C62H63N3/c1-15-18-46-33-47(58-40(6)27-37(3)28-41(58)7)21-24-54(46)64(14)62(12,13)53(16-2)61-50(36-63)19-17-20-57(61)65-55-25-22-48(59-42(8)29-38(4)30-43(59)9)34-51(55)52-35-49(23-26-56(52)65)60-44(10)31-39(5)32-45(60)11/h15-17,19-35H,1,18H2,2-14H3/b53-16-. The normalized spacial score (nSPS) is 12.0. The Kier molecular flexibility index (Phi) is 11.9. The third-order valence-corrected chi connectivity index (χ3v) is 13.9. The Balaban J connectivity index is 1.35. The van der Waals surface area contributed by atoms with Crippen LogP contribution in [0.4, 0.5) is 5.69 Å². The molecule has 0 amide bonds. The van der Waals surface area contributed by atoms with Crippen LogP contribution in [0, 0.1) is 73.6 Å². The van der Waals surface area contributed by atoms with Crippen molar-refractivity contribution in [2.75, 3.05) is 11.9 Å². The quantitative estimate of drug-likeness (QED) is 0.128. The highest BCUT2D eigenvalue weighted by atomic mass is 15.2. The number of nitrogens with zero attached hydrogens (tertiary/aromatic N) is 3. The van der Waals surface area contributed by atoms with Gasteiger partial charge in [-0.15, -0.1) is 6.58 Å². The second-order valence-corrected chi connectivity index (χ2v) is 19.1. The molecule has 0 unspecified atom stereocenters. The van der Waals surface area contributed by atoms with E-state index >= 15 is 0 Å². The monoisotopic (exact) mass is 850 g/mol. The average Bonchev–Trinajstić information content (AvgIpc) is 3.55. The van der Waals surface area contributed by atoms with Gasteiger partial charge in [0.25, 0.3) is 0 Å². The smallest absolute Gasteiger partial charge is 0.0998 e. The fourth-order valence-electron chi connectivity index (χ4n) is 11.3. The van der Waals surface area contributed by atoms with Crippen LogP contribution in [0.3, 0.4) is 0 Å². The van der Waals surface area contributed by atoms with Gasteiger partial charge >= 0.3 is 0 Å². The van der Waals surface area contributed by atoms with Gasteiger partial charge in [-0.2, -0.15) is 5.26 Å². The van der Waals surface area contributed by atoms with Gasteiger partial charge < -0.3 is 9.47 Å². The molecule has 0 N–H and O–H groups in total. The minimum absolute atomic E-state index is 0.552. The summed E-state index contributed by atoms with van der Waals surface area (Å²) in [6.45, 7) is 30.7. The third kappa shape index (κ3) is 7.80. The highest BCUT2D eigenvalue weighted by molar-refractivity contribution is 6.12. The summed E-state index contributed by atoms with van der Waals surface area (Å²) in [7, 11) is 2.19. The number of aryl methyl sites for hydroxylation is 9. The molecule has 0 bridgehead atoms. The molecule has 0 saturated heterocycles. The van der Waals surface area contributed by atoms with Crippen LogP contribution in [0.15, 0.2) is 128 Å². The molecule has 0 atom stereocenters. The Hall–Kier alpha value is -6.89. The number of nitriles is 1. The van der Waals surface area contributed by atoms with Gasteiger partial charge in [-0.1, -0.05) is 89.5 Å². The van der Waals surface area contributed by atoms with E-state index in [2.05, 4.69) is 215 Å². The lowest BCUT2D eigenvalue weighted by Crippen LogP contribution is -2.43. The van der Waals surface area contributed by atoms with E-state index in [0.29, 0.717) is 5.56 Å². The van der Waals surface area contributed by atoms with Gasteiger partial charge in [0, 0.05) is 29.1 Å². The molecule has 8 rings (SSSR count). The van der Waals surface area contributed by atoms with E-state index in [0.717, 1.165) is 40.0 Å². The van der Waals surface area contributed by atoms with Crippen LogP contribution in [0.25, 0.3) is 66.4 Å². The maximum atomic E-state index is 11.0. The molecule has 0 fully saturated rings. The minimum atomic E-state index is -0.552. The van der Waals surface area contributed by atoms with E-state index < -0.39 is 5.54 Å². The predicted molar refractivity (Wildman–Crippen MR) is 281 cm³/mol. The number of aromatic nitrogens is 1. The average molecular weight is 850 g/mol. The van der Waals surface area contributed by atoms with Crippen molar-refractivity contribution < 1.29 is 0 Å². The van der Waals surface area contributed by atoms with Crippen molar-refractivity contribution in [2.24, 2.45) is 0 Å². The van der Waals surface area contributed by atoms with Crippen LogP contribution in [-0.2, 0) is 6.42 Å². The van der Waals surface area contributed by atoms with Crippen LogP contribution >= 0.6 is 0 Å². The van der Waals surface area contributed by atoms with E-state index in [9.17, 15) is 5.26 Å². The molecule has 0 spiro atoms. The fourth-order valence-corrected chi connectivity index (χ4v) is 11.3. The molecule has 326 valence electrons. The maximum Gasteiger partial charge on any atom is 0.0998 e. The number of rotatable bonds is 10. The summed E-state index contributed by atoms with van der Waals surface area (Å²) in [4.78, 5) is 2.39. The van der Waals surface area contributed by atoms with Crippen molar-refractivity contribution in [1.29, 1.82) is 5.26 Å². The Morgan fingerprint density at radius 1 is 0.615 bits per heavy atom. The Bertz CT molecular complexity index is 3120. The highest BCUT2D eigenvalue weighted by Crippen LogP contribution is 2.45. The van der Waals surface area contributed by atoms with Gasteiger partial charge in [-0.3, -0.25) is 0 Å². The molecule has 0 aliphatic heterocycles. The van der Waals surface area contributed by atoms with Crippen LogP contribution in [0.1, 0.15) is 87.5 Å². The molecule has 0 radical (unpaired) electrons. The summed E-state index contributed by atoms with van der Waals surface area (Å²) in [6.07, 6.45) is 4.94. The molecular weight excluding hydrogens is 787 g/mol. The number of hydrogen-bond donors (Lipinski definition) is 0. The van der Waals surface area contributed by atoms with Crippen LogP contribution in [0.5, 0.6) is 0 Å². The Morgan fingerprint density at radius 2 is 1.05 bits per heavy atom. The first-order valence-corrected chi connectivity index (χ1v) is 23.0. The van der Waals surface area contributed by atoms with E-state index in [4.69, 9.17) is 0 Å². The number of benzene rings is 7. The summed E-state index contributed by atoms with van der Waals surface area (Å²) < 4.78 is 2.40. The van der Waals surface area contributed by atoms with Crippen LogP contribution in [-0.4, -0.2) is 17.2 Å². The van der Waals surface area contributed by atoms with Gasteiger partial charge in [0.05, 0.1) is 33.9 Å². The SMILES string of the molecule is C=CCc1cc(-c2c(C)cc(C)cc2C)ccc1N(C)C(C)(C)/C(=C\C)c1c(C#N)cccc1-n1c2ccc(-c3c(C)cc(C)cc3C)cc2c2cc(-c3c(C)cc(C)cc3C)ccc21. The van der Waals surface area contributed by atoms with E-state index in [1.54, 1.807) is 0 Å². The van der Waals surface area contributed by atoms with Crippen molar-refractivity contribution in [3.63, 3.8) is 0 Å². The summed E-state index contributed by atoms with van der Waals surface area (Å²) in [5, 5.41) is 13.4. The van der Waals surface area contributed by atoms with Crippen molar-refractivity contribution in [3.8, 4) is 45.1 Å². The Labute approximate surface area is 388 Å². The number of fused-ring (bicyclic) bond motifs is 3. The zero-order valence-corrected chi connectivity index (χ0v) is 40.8. The number of allylic oxidation sites excluding steroid dienone is 2. The first-order valence-electron chi connectivity index (χ1n) is 23.0. The van der Waals surface area contributed by atoms with Gasteiger partial charge in [-0.25, -0.2) is 0 Å². The third-order valence-electron chi connectivity index (χ3n) is 13.9. The topological polar surface area (TPSA) is 32.0 Å². The molecule has 7 aromatic carbocycles. The molecule has 8 aromatic rings. The van der Waals surface area contributed by atoms with Gasteiger partial charge in [0.15, 0.2) is 0 Å². The molecule has 0 saturated carbocycles. The lowest BCUT2D eigenvalue weighted by Gasteiger charge is -2.41. The van der Waals surface area contributed by atoms with Crippen LogP contribution < -0.4 is 4.90 Å². The summed E-state index contributed by atoms with van der Waals surface area (Å²) in [5.74, 6) is 0. The van der Waals surface area contributed by atoms with Crippen molar-refractivity contribution in [1.82, 2.24) is 4.57 Å². The summed E-state index contributed by atoms with van der Waals surface area (Å²) in [5.41, 5.74) is 26.6. The fraction of sp³-hybridized carbons (Fsp3) is 0.242. The van der Waals surface area contributed by atoms with Crippen LogP contribution in [0.2, 0.25) is 0 Å². The zero-order chi connectivity index (χ0) is 46.6. The molecule has 0 aliphatic carbocycles. The lowest BCUT2D eigenvalue weighted by molar-refractivity contribution is 0.618. The molecule has 1 aromatic heterocycles. The van der Waals surface area contributed by atoms with Crippen molar-refractivity contribution in [2.45, 2.75) is 95.0 Å².